The fourth-order valence-corrected chi connectivity index (χ4v) is 5.02. The number of nitrogens with one attached hydrogen (secondary N) is 1. The highest BCUT2D eigenvalue weighted by molar-refractivity contribution is 5.98. The zero-order valence-corrected chi connectivity index (χ0v) is 22.9. The van der Waals surface area contributed by atoms with E-state index in [4.69, 9.17) is 4.74 Å². The minimum atomic E-state index is -0.782. The number of methoxy groups -OCH3 is 1. The lowest BCUT2D eigenvalue weighted by molar-refractivity contribution is -0.394. The summed E-state index contributed by atoms with van der Waals surface area (Å²) in [5, 5.41) is 23.9. The Morgan fingerprint density at radius 1 is 0.952 bits per heavy atom. The van der Waals surface area contributed by atoms with Crippen molar-refractivity contribution in [3.8, 4) is 5.75 Å². The molecule has 42 heavy (non-hydrogen) atoms. The van der Waals surface area contributed by atoms with E-state index in [0.29, 0.717) is 31.6 Å². The second kappa shape index (κ2) is 12.1. The predicted molar refractivity (Wildman–Crippen MR) is 154 cm³/mol. The van der Waals surface area contributed by atoms with Crippen molar-refractivity contribution in [3.05, 3.63) is 110 Å². The molecule has 12 nitrogen and oxygen atoms in total. The van der Waals surface area contributed by atoms with Crippen LogP contribution in [0, 0.1) is 20.2 Å². The Kier molecular flexibility index (Phi) is 8.14. The van der Waals surface area contributed by atoms with E-state index in [2.05, 4.69) is 4.98 Å². The average Bonchev–Trinajstić information content (AvgIpc) is 3.76. The number of non-ortho nitro benzene ring substituents is 2. The highest BCUT2D eigenvalue weighted by Crippen LogP contribution is 2.31. The highest BCUT2D eigenvalue weighted by atomic mass is 16.6. The van der Waals surface area contributed by atoms with Gasteiger partial charge in [-0.15, -0.1) is 0 Å². The van der Waals surface area contributed by atoms with Crippen molar-refractivity contribution >= 4 is 34.1 Å². The summed E-state index contributed by atoms with van der Waals surface area (Å²) in [4.78, 5) is 54.9. The molecule has 2 amide bonds. The summed E-state index contributed by atoms with van der Waals surface area (Å²) in [6.45, 7) is 0.316. The van der Waals surface area contributed by atoms with Crippen molar-refractivity contribution in [2.45, 2.75) is 31.8 Å². The summed E-state index contributed by atoms with van der Waals surface area (Å²) in [5.41, 5.74) is 1.50. The van der Waals surface area contributed by atoms with Gasteiger partial charge in [0.05, 0.1) is 28.6 Å². The van der Waals surface area contributed by atoms with Gasteiger partial charge in [0.25, 0.3) is 17.3 Å². The van der Waals surface area contributed by atoms with Gasteiger partial charge in [0, 0.05) is 53.9 Å². The fourth-order valence-electron chi connectivity index (χ4n) is 5.02. The van der Waals surface area contributed by atoms with Gasteiger partial charge in [-0.2, -0.15) is 0 Å². The molecule has 1 heterocycles. The number of hydrogen-bond donors (Lipinski definition) is 1. The number of carbonyl (C=O) groups is 2. The smallest absolute Gasteiger partial charge is 0.277 e. The number of benzene rings is 3. The van der Waals surface area contributed by atoms with Crippen LogP contribution in [-0.2, 0) is 17.8 Å². The maximum atomic E-state index is 13.9. The number of para-hydroxylation sites is 2. The topological polar surface area (TPSA) is 152 Å². The lowest BCUT2D eigenvalue weighted by atomic mass is 10.1. The number of nitro benzene ring substituents is 2. The van der Waals surface area contributed by atoms with Gasteiger partial charge in [-0.25, -0.2) is 0 Å². The van der Waals surface area contributed by atoms with Crippen LogP contribution in [-0.4, -0.2) is 62.7 Å². The van der Waals surface area contributed by atoms with Crippen molar-refractivity contribution in [1.29, 1.82) is 0 Å². The summed E-state index contributed by atoms with van der Waals surface area (Å²) in [6, 6.07) is 17.9. The lowest BCUT2D eigenvalue weighted by Crippen LogP contribution is -2.44. The molecule has 5 rings (SSSR count). The van der Waals surface area contributed by atoms with E-state index in [-0.39, 0.29) is 30.6 Å². The van der Waals surface area contributed by atoms with E-state index in [1.165, 1.54) is 4.90 Å². The van der Waals surface area contributed by atoms with Gasteiger partial charge in [0.2, 0.25) is 5.91 Å². The van der Waals surface area contributed by atoms with E-state index in [0.717, 1.165) is 40.2 Å². The number of carbonyl (C=O) groups excluding carboxylic acids is 2. The van der Waals surface area contributed by atoms with Gasteiger partial charge >= 0.3 is 0 Å². The average molecular weight is 572 g/mol. The minimum Gasteiger partial charge on any atom is -0.496 e. The van der Waals surface area contributed by atoms with Crippen LogP contribution in [0.25, 0.3) is 10.9 Å². The van der Waals surface area contributed by atoms with Gasteiger partial charge in [-0.3, -0.25) is 29.8 Å². The minimum absolute atomic E-state index is 0.203. The molecular weight excluding hydrogens is 542 g/mol. The van der Waals surface area contributed by atoms with E-state index in [9.17, 15) is 29.8 Å². The number of rotatable bonds is 12. The van der Waals surface area contributed by atoms with Gasteiger partial charge in [0.1, 0.15) is 12.3 Å². The van der Waals surface area contributed by atoms with Gasteiger partial charge in [0.15, 0.2) is 0 Å². The maximum Gasteiger partial charge on any atom is 0.277 e. The normalized spacial score (nSPS) is 12.6. The first-order valence-corrected chi connectivity index (χ1v) is 13.4. The Balaban J connectivity index is 1.41. The third kappa shape index (κ3) is 6.22. The van der Waals surface area contributed by atoms with Crippen LogP contribution in [0.5, 0.6) is 5.75 Å². The molecule has 0 aliphatic heterocycles. The molecule has 1 aromatic heterocycles. The van der Waals surface area contributed by atoms with E-state index < -0.39 is 27.1 Å². The predicted octanol–water partition coefficient (Wildman–Crippen LogP) is 4.87. The molecule has 1 fully saturated rings. The summed E-state index contributed by atoms with van der Waals surface area (Å²) in [6.07, 6.45) is 3.81. The first-order valence-electron chi connectivity index (χ1n) is 13.4. The summed E-state index contributed by atoms with van der Waals surface area (Å²) in [7, 11) is 1.56. The van der Waals surface area contributed by atoms with Crippen molar-refractivity contribution in [3.63, 3.8) is 0 Å². The Labute approximate surface area is 240 Å². The van der Waals surface area contributed by atoms with Crippen LogP contribution in [0.4, 0.5) is 11.4 Å². The fraction of sp³-hybridized carbons (Fsp3) is 0.267. The van der Waals surface area contributed by atoms with Crippen LogP contribution in [0.3, 0.4) is 0 Å². The molecule has 216 valence electrons. The van der Waals surface area contributed by atoms with Crippen molar-refractivity contribution in [2.75, 3.05) is 20.2 Å². The lowest BCUT2D eigenvalue weighted by Gasteiger charge is -2.28. The number of H-pyrrole nitrogens is 1. The number of nitro groups is 2. The molecule has 0 spiro atoms. The zero-order valence-electron chi connectivity index (χ0n) is 22.9. The van der Waals surface area contributed by atoms with E-state index in [1.54, 1.807) is 12.0 Å². The molecule has 3 aromatic carbocycles. The molecule has 1 N–H and O–H groups in total. The van der Waals surface area contributed by atoms with Crippen LogP contribution in [0.1, 0.15) is 34.3 Å². The molecular formula is C30H29N5O7. The SMILES string of the molecule is COc1ccccc1CN(CCc1c[nH]c2ccccc12)C(=O)CN(C(=O)c1cc([N+](=O)[O-])cc([N+](=O)[O-])c1)C1CC1. The van der Waals surface area contributed by atoms with Crippen molar-refractivity contribution in [1.82, 2.24) is 14.8 Å². The summed E-state index contributed by atoms with van der Waals surface area (Å²) >= 11 is 0. The number of aromatic amines is 1. The summed E-state index contributed by atoms with van der Waals surface area (Å²) < 4.78 is 5.50. The Bertz CT molecular complexity index is 1630. The highest BCUT2D eigenvalue weighted by Gasteiger charge is 2.36. The molecule has 1 saturated carbocycles. The molecule has 0 radical (unpaired) electrons. The molecule has 4 aromatic rings. The monoisotopic (exact) mass is 571 g/mol. The Morgan fingerprint density at radius 3 is 2.29 bits per heavy atom. The largest absolute Gasteiger partial charge is 0.496 e. The first-order chi connectivity index (χ1) is 20.2. The van der Waals surface area contributed by atoms with Crippen LogP contribution < -0.4 is 4.74 Å². The second-order valence-corrected chi connectivity index (χ2v) is 10.2. The van der Waals surface area contributed by atoms with Crippen LogP contribution in [0.15, 0.2) is 72.9 Å². The summed E-state index contributed by atoms with van der Waals surface area (Å²) in [5.74, 6) is -0.353. The molecule has 0 atom stereocenters. The quantitative estimate of drug-likeness (QED) is 0.188. The molecule has 1 aliphatic rings. The Hall–Kier alpha value is -5.26. The Morgan fingerprint density at radius 2 is 1.62 bits per heavy atom. The molecule has 1 aliphatic carbocycles. The first kappa shape index (κ1) is 28.3. The van der Waals surface area contributed by atoms with E-state index in [1.807, 2.05) is 54.7 Å². The number of ether oxygens (including phenoxy) is 1. The third-order valence-corrected chi connectivity index (χ3v) is 7.36. The van der Waals surface area contributed by atoms with Crippen molar-refractivity contribution in [2.24, 2.45) is 0 Å². The maximum absolute atomic E-state index is 13.9. The zero-order chi connectivity index (χ0) is 29.8. The standard InChI is InChI=1S/C30H29N5O7/c1-42-28-9-5-2-6-21(28)18-32(13-12-20-17-31-27-8-4-3-7-26(20)27)29(36)19-33(23-10-11-23)30(37)22-14-24(34(38)39)16-25(15-22)35(40)41/h2-9,14-17,23,31H,10-13,18-19H2,1H3. The number of nitrogens with zero attached hydrogens (tertiary/aromatic N) is 4. The molecule has 0 unspecified atom stereocenters. The second-order valence-electron chi connectivity index (χ2n) is 10.2. The van der Waals surface area contributed by atoms with Crippen molar-refractivity contribution < 1.29 is 24.2 Å². The third-order valence-electron chi connectivity index (χ3n) is 7.36. The molecule has 0 saturated heterocycles. The van der Waals surface area contributed by atoms with E-state index >= 15 is 0 Å². The molecule has 0 bridgehead atoms. The molecule has 12 heteroatoms. The number of hydrogen-bond acceptors (Lipinski definition) is 7. The van der Waals surface area contributed by atoms with Crippen LogP contribution >= 0.6 is 0 Å². The number of fused-ring (bicyclic) bond motifs is 1. The van der Waals surface area contributed by atoms with Gasteiger partial charge in [-0.05, 0) is 37.0 Å². The van der Waals surface area contributed by atoms with Gasteiger partial charge < -0.3 is 19.5 Å². The van der Waals surface area contributed by atoms with Crippen LogP contribution in [0.2, 0.25) is 0 Å². The number of amides is 2. The number of aromatic nitrogens is 1. The van der Waals surface area contributed by atoms with Gasteiger partial charge in [-0.1, -0.05) is 36.4 Å².